The van der Waals surface area contributed by atoms with Gasteiger partial charge in [-0.1, -0.05) is 6.92 Å². The van der Waals surface area contributed by atoms with Gasteiger partial charge in [-0.2, -0.15) is 0 Å². The van der Waals surface area contributed by atoms with Crippen LogP contribution in [0.1, 0.15) is 31.4 Å². The van der Waals surface area contributed by atoms with Crippen LogP contribution in [0.25, 0.3) is 0 Å². The molecule has 1 saturated carbocycles. The Morgan fingerprint density at radius 2 is 1.69 bits per heavy atom. The van der Waals surface area contributed by atoms with Gasteiger partial charge in [0.05, 0.1) is 0 Å². The van der Waals surface area contributed by atoms with Gasteiger partial charge in [-0.3, -0.25) is 0 Å². The molecule has 0 radical (unpaired) electrons. The highest BCUT2D eigenvalue weighted by molar-refractivity contribution is 5.24. The van der Waals surface area contributed by atoms with Gasteiger partial charge in [-0.15, -0.1) is 0 Å². The van der Waals surface area contributed by atoms with Gasteiger partial charge in [-0.05, 0) is 30.7 Å². The third-order valence-corrected chi connectivity index (χ3v) is 3.33. The molecule has 1 aliphatic rings. The van der Waals surface area contributed by atoms with Crippen LogP contribution in [0.4, 0.5) is 13.2 Å². The van der Waals surface area contributed by atoms with E-state index in [9.17, 15) is 13.2 Å². The highest BCUT2D eigenvalue weighted by Crippen LogP contribution is 2.42. The normalized spacial score (nSPS) is 19.6. The maximum Gasteiger partial charge on any atom is 0.161 e. The van der Waals surface area contributed by atoms with Crippen molar-refractivity contribution in [1.82, 2.24) is 0 Å². The smallest absolute Gasteiger partial charge is 0.161 e. The summed E-state index contributed by atoms with van der Waals surface area (Å²) in [7, 11) is 0. The van der Waals surface area contributed by atoms with Crippen LogP contribution in [-0.4, -0.2) is 0 Å². The van der Waals surface area contributed by atoms with Crippen LogP contribution in [0.5, 0.6) is 0 Å². The Kier molecular flexibility index (Phi) is 2.93. The van der Waals surface area contributed by atoms with Crippen molar-refractivity contribution in [3.63, 3.8) is 0 Å². The minimum atomic E-state index is -1.17. The minimum Gasteiger partial charge on any atom is -0.324 e. The van der Waals surface area contributed by atoms with Gasteiger partial charge in [0.2, 0.25) is 0 Å². The Morgan fingerprint density at radius 3 is 2.25 bits per heavy atom. The van der Waals surface area contributed by atoms with E-state index in [-0.39, 0.29) is 11.5 Å². The third kappa shape index (κ3) is 2.07. The average molecular weight is 229 g/mol. The van der Waals surface area contributed by atoms with Gasteiger partial charge >= 0.3 is 0 Å². The number of hydrogen-bond donors (Lipinski definition) is 1. The average Bonchev–Trinajstić information content (AvgIpc) is 3.05. The van der Waals surface area contributed by atoms with Gasteiger partial charge in [0, 0.05) is 17.7 Å². The zero-order chi connectivity index (χ0) is 11.9. The maximum absolute atomic E-state index is 13.4. The van der Waals surface area contributed by atoms with Crippen molar-refractivity contribution in [3.05, 3.63) is 35.1 Å². The van der Waals surface area contributed by atoms with E-state index in [0.717, 1.165) is 18.9 Å². The zero-order valence-corrected chi connectivity index (χ0v) is 9.01. The molecule has 4 heteroatoms. The Labute approximate surface area is 92.5 Å². The quantitative estimate of drug-likeness (QED) is 0.791. The van der Waals surface area contributed by atoms with Crippen molar-refractivity contribution >= 4 is 0 Å². The molecule has 0 amide bonds. The number of nitrogens with two attached hydrogens (primary N) is 1. The molecule has 1 aromatic carbocycles. The van der Waals surface area contributed by atoms with Gasteiger partial charge < -0.3 is 5.73 Å². The molecule has 1 aromatic rings. The van der Waals surface area contributed by atoms with E-state index < -0.39 is 23.5 Å². The second-order valence-corrected chi connectivity index (χ2v) is 4.51. The topological polar surface area (TPSA) is 26.0 Å². The molecule has 0 aliphatic heterocycles. The van der Waals surface area contributed by atoms with Crippen molar-refractivity contribution in [2.75, 3.05) is 0 Å². The summed E-state index contributed by atoms with van der Waals surface area (Å²) in [4.78, 5) is 0. The van der Waals surface area contributed by atoms with E-state index in [2.05, 4.69) is 0 Å². The molecular formula is C12H14F3N. The molecule has 88 valence electrons. The highest BCUT2D eigenvalue weighted by Gasteiger charge is 2.33. The molecule has 0 heterocycles. The monoisotopic (exact) mass is 229 g/mol. The van der Waals surface area contributed by atoms with Crippen LogP contribution in [0, 0.1) is 29.3 Å². The summed E-state index contributed by atoms with van der Waals surface area (Å²) in [6, 6.07) is 0.862. The summed E-state index contributed by atoms with van der Waals surface area (Å²) in [6.45, 7) is 1.92. The van der Waals surface area contributed by atoms with Crippen molar-refractivity contribution in [3.8, 4) is 0 Å². The molecule has 2 N–H and O–H groups in total. The van der Waals surface area contributed by atoms with Crippen molar-refractivity contribution in [2.24, 2.45) is 17.6 Å². The van der Waals surface area contributed by atoms with Crippen LogP contribution in [0.2, 0.25) is 0 Å². The van der Waals surface area contributed by atoms with Crippen LogP contribution in [0.3, 0.4) is 0 Å². The first-order chi connectivity index (χ1) is 7.50. The second kappa shape index (κ2) is 4.09. The minimum absolute atomic E-state index is 0.0679. The maximum atomic E-state index is 13.4. The molecule has 0 spiro atoms. The summed E-state index contributed by atoms with van der Waals surface area (Å²) in [5.41, 5.74) is 5.94. The standard InChI is InChI=1S/C12H14F3N/c1-6(7-2-3-7)12(16)8-4-10(14)11(15)5-9(8)13/h4-7,12H,2-3,16H2,1H3. The Hall–Kier alpha value is -1.03. The first kappa shape index (κ1) is 11.5. The van der Waals surface area contributed by atoms with Crippen molar-refractivity contribution in [1.29, 1.82) is 0 Å². The Bertz CT molecular complexity index is 401. The summed E-state index contributed by atoms with van der Waals surface area (Å²) in [5.74, 6) is -2.40. The molecule has 0 bridgehead atoms. The van der Waals surface area contributed by atoms with E-state index in [1.807, 2.05) is 6.92 Å². The van der Waals surface area contributed by atoms with Gasteiger partial charge in [0.1, 0.15) is 5.82 Å². The van der Waals surface area contributed by atoms with Crippen LogP contribution >= 0.6 is 0 Å². The van der Waals surface area contributed by atoms with Gasteiger partial charge in [0.25, 0.3) is 0 Å². The Morgan fingerprint density at radius 1 is 1.12 bits per heavy atom. The van der Waals surface area contributed by atoms with E-state index in [1.54, 1.807) is 0 Å². The van der Waals surface area contributed by atoms with Crippen LogP contribution in [0.15, 0.2) is 12.1 Å². The number of benzene rings is 1. The molecule has 2 unspecified atom stereocenters. The molecule has 1 aliphatic carbocycles. The number of rotatable bonds is 3. The van der Waals surface area contributed by atoms with Crippen LogP contribution < -0.4 is 5.73 Å². The number of halogens is 3. The van der Waals surface area contributed by atoms with Gasteiger partial charge in [-0.25, -0.2) is 13.2 Å². The first-order valence-electron chi connectivity index (χ1n) is 5.40. The van der Waals surface area contributed by atoms with Gasteiger partial charge in [0.15, 0.2) is 11.6 Å². The lowest BCUT2D eigenvalue weighted by Gasteiger charge is -2.20. The molecule has 1 nitrogen and oxygen atoms in total. The molecule has 1 fully saturated rings. The fourth-order valence-corrected chi connectivity index (χ4v) is 1.99. The fraction of sp³-hybridized carbons (Fsp3) is 0.500. The van der Waals surface area contributed by atoms with Crippen molar-refractivity contribution in [2.45, 2.75) is 25.8 Å². The van der Waals surface area contributed by atoms with E-state index >= 15 is 0 Å². The summed E-state index contributed by atoms with van der Waals surface area (Å²) >= 11 is 0. The lowest BCUT2D eigenvalue weighted by atomic mass is 9.91. The van der Waals surface area contributed by atoms with Crippen LogP contribution in [-0.2, 0) is 0 Å². The van der Waals surface area contributed by atoms with Crippen molar-refractivity contribution < 1.29 is 13.2 Å². The molecule has 2 atom stereocenters. The lowest BCUT2D eigenvalue weighted by Crippen LogP contribution is -2.22. The second-order valence-electron chi connectivity index (χ2n) is 4.51. The van der Waals surface area contributed by atoms with E-state index in [4.69, 9.17) is 5.73 Å². The predicted octanol–water partition coefficient (Wildman–Crippen LogP) is 3.15. The highest BCUT2D eigenvalue weighted by atomic mass is 19.2. The number of hydrogen-bond acceptors (Lipinski definition) is 1. The summed E-state index contributed by atoms with van der Waals surface area (Å²) < 4.78 is 39.2. The predicted molar refractivity (Wildman–Crippen MR) is 55.1 cm³/mol. The summed E-state index contributed by atoms with van der Waals surface area (Å²) in [6.07, 6.45) is 2.17. The lowest BCUT2D eigenvalue weighted by molar-refractivity contribution is 0.398. The third-order valence-electron chi connectivity index (χ3n) is 3.33. The largest absolute Gasteiger partial charge is 0.324 e. The molecule has 16 heavy (non-hydrogen) atoms. The first-order valence-corrected chi connectivity index (χ1v) is 5.40. The molecule has 0 aromatic heterocycles. The molecule has 2 rings (SSSR count). The SMILES string of the molecule is CC(C1CC1)C(N)c1cc(F)c(F)cc1F. The van der Waals surface area contributed by atoms with E-state index in [0.29, 0.717) is 12.0 Å². The summed E-state index contributed by atoms with van der Waals surface area (Å²) in [5, 5.41) is 0. The fourth-order valence-electron chi connectivity index (χ4n) is 1.99. The Balaban J connectivity index is 2.28. The zero-order valence-electron chi connectivity index (χ0n) is 9.01. The molecule has 0 saturated heterocycles. The van der Waals surface area contributed by atoms with E-state index in [1.165, 1.54) is 0 Å². The molecular weight excluding hydrogens is 215 g/mol.